The lowest BCUT2D eigenvalue weighted by Gasteiger charge is -2.28. The minimum atomic E-state index is -1.04. The number of thioether (sulfide) groups is 1. The molecule has 9 heteroatoms. The Labute approximate surface area is 226 Å². The molecule has 8 nitrogen and oxygen atoms in total. The van der Waals surface area contributed by atoms with E-state index in [0.29, 0.717) is 35.6 Å². The standard InChI is InChI=1S/C29H31NO7S/c1-38-25-17-13-22(14-18-25)30-29(34)37-28(21-11-15-23(16-12-21)35-20-19-31)26(9-5-6-10-27(32)33)36-24-7-3-2-4-8-24/h2-4,6-8,10-18,26,28,31H,5,9,19-20H2,1H3,(H,30,34)(H,32,33)/b10-6+/t26-,28-/m0/s1. The third-order valence-corrected chi connectivity index (χ3v) is 6.13. The maximum Gasteiger partial charge on any atom is 0.412 e. The summed E-state index contributed by atoms with van der Waals surface area (Å²) in [4.78, 5) is 25.0. The van der Waals surface area contributed by atoms with Crippen molar-refractivity contribution < 1.29 is 34.0 Å². The van der Waals surface area contributed by atoms with Crippen molar-refractivity contribution >= 4 is 29.5 Å². The zero-order chi connectivity index (χ0) is 27.2. The Kier molecular flexibility index (Phi) is 11.5. The van der Waals surface area contributed by atoms with Crippen LogP contribution in [-0.4, -0.2) is 47.8 Å². The first-order chi connectivity index (χ1) is 18.5. The van der Waals surface area contributed by atoms with Crippen LogP contribution < -0.4 is 14.8 Å². The normalized spacial score (nSPS) is 12.5. The van der Waals surface area contributed by atoms with E-state index < -0.39 is 24.3 Å². The summed E-state index contributed by atoms with van der Waals surface area (Å²) in [5.41, 5.74) is 1.25. The lowest BCUT2D eigenvalue weighted by Crippen LogP contribution is -2.31. The summed E-state index contributed by atoms with van der Waals surface area (Å²) in [5.74, 6) is 0.109. The molecule has 0 bridgehead atoms. The molecule has 2 atom stereocenters. The number of carboxylic acids is 1. The number of rotatable bonds is 14. The zero-order valence-electron chi connectivity index (χ0n) is 21.0. The number of aliphatic hydroxyl groups excluding tert-OH is 1. The fourth-order valence-electron chi connectivity index (χ4n) is 3.60. The van der Waals surface area contributed by atoms with E-state index in [-0.39, 0.29) is 13.2 Å². The van der Waals surface area contributed by atoms with E-state index in [4.69, 9.17) is 24.4 Å². The highest BCUT2D eigenvalue weighted by Crippen LogP contribution is 2.30. The van der Waals surface area contributed by atoms with Crippen LogP contribution in [0.5, 0.6) is 11.5 Å². The molecule has 0 radical (unpaired) electrons. The molecule has 3 rings (SSSR count). The Morgan fingerprint density at radius 3 is 2.32 bits per heavy atom. The van der Waals surface area contributed by atoms with Crippen molar-refractivity contribution in [3.05, 3.63) is 96.6 Å². The summed E-state index contributed by atoms with van der Waals surface area (Å²) in [7, 11) is 0. The maximum atomic E-state index is 13.0. The fraction of sp³-hybridized carbons (Fsp3) is 0.241. The molecule has 3 aromatic rings. The van der Waals surface area contributed by atoms with Crippen molar-refractivity contribution in [1.29, 1.82) is 0 Å². The molecule has 0 spiro atoms. The van der Waals surface area contributed by atoms with E-state index >= 15 is 0 Å². The number of carbonyl (C=O) groups excluding carboxylic acids is 1. The van der Waals surface area contributed by atoms with E-state index in [0.717, 1.165) is 11.0 Å². The van der Waals surface area contributed by atoms with Gasteiger partial charge in [-0.15, -0.1) is 11.8 Å². The molecular formula is C29H31NO7S. The number of benzene rings is 3. The van der Waals surface area contributed by atoms with Gasteiger partial charge >= 0.3 is 12.1 Å². The molecule has 3 aromatic carbocycles. The number of hydrogen-bond donors (Lipinski definition) is 3. The van der Waals surface area contributed by atoms with Crippen LogP contribution in [0.3, 0.4) is 0 Å². The Balaban J connectivity index is 1.87. The van der Waals surface area contributed by atoms with E-state index in [1.165, 1.54) is 0 Å². The number of para-hydroxylation sites is 1. The summed E-state index contributed by atoms with van der Waals surface area (Å²) >= 11 is 1.60. The molecule has 0 fully saturated rings. The quantitative estimate of drug-likeness (QED) is 0.171. The summed E-state index contributed by atoms with van der Waals surface area (Å²) in [6.07, 6.45) is 3.24. The Bertz CT molecular complexity index is 1170. The second-order valence-electron chi connectivity index (χ2n) is 8.11. The lowest BCUT2D eigenvalue weighted by molar-refractivity contribution is -0.131. The second-order valence-corrected chi connectivity index (χ2v) is 8.99. The molecular weight excluding hydrogens is 506 g/mol. The first-order valence-corrected chi connectivity index (χ1v) is 13.3. The van der Waals surface area contributed by atoms with Crippen LogP contribution in [0.25, 0.3) is 0 Å². The highest BCUT2D eigenvalue weighted by Gasteiger charge is 2.29. The minimum absolute atomic E-state index is 0.109. The van der Waals surface area contributed by atoms with Crippen LogP contribution in [0.4, 0.5) is 10.5 Å². The molecule has 200 valence electrons. The number of nitrogens with one attached hydrogen (secondary N) is 1. The number of carboxylic acid groups (broad SMARTS) is 1. The van der Waals surface area contributed by atoms with Gasteiger partial charge in [-0.25, -0.2) is 9.59 Å². The van der Waals surface area contributed by atoms with Gasteiger partial charge in [-0.05, 0) is 73.2 Å². The van der Waals surface area contributed by atoms with Crippen LogP contribution >= 0.6 is 11.8 Å². The number of allylic oxidation sites excluding steroid dienone is 1. The van der Waals surface area contributed by atoms with E-state index in [1.807, 2.05) is 36.6 Å². The molecule has 0 aliphatic heterocycles. The van der Waals surface area contributed by atoms with Gasteiger partial charge in [-0.3, -0.25) is 5.32 Å². The largest absolute Gasteiger partial charge is 0.491 e. The number of aliphatic carboxylic acids is 1. The van der Waals surface area contributed by atoms with Crippen LogP contribution in [0, 0.1) is 0 Å². The van der Waals surface area contributed by atoms with Crippen LogP contribution in [-0.2, 0) is 9.53 Å². The Morgan fingerprint density at radius 1 is 0.974 bits per heavy atom. The minimum Gasteiger partial charge on any atom is -0.491 e. The number of aliphatic hydroxyl groups is 1. The van der Waals surface area contributed by atoms with Gasteiger partial charge in [0.05, 0.1) is 6.61 Å². The first kappa shape index (κ1) is 28.6. The summed E-state index contributed by atoms with van der Waals surface area (Å²) < 4.78 is 17.6. The smallest absolute Gasteiger partial charge is 0.412 e. The van der Waals surface area contributed by atoms with Crippen molar-refractivity contribution in [2.24, 2.45) is 0 Å². The predicted molar refractivity (Wildman–Crippen MR) is 147 cm³/mol. The summed E-state index contributed by atoms with van der Waals surface area (Å²) in [6, 6.07) is 23.5. The maximum absolute atomic E-state index is 13.0. The predicted octanol–water partition coefficient (Wildman–Crippen LogP) is 5.94. The van der Waals surface area contributed by atoms with Gasteiger partial charge in [0.15, 0.2) is 6.10 Å². The number of amides is 1. The molecule has 0 heterocycles. The van der Waals surface area contributed by atoms with E-state index in [9.17, 15) is 9.59 Å². The first-order valence-electron chi connectivity index (χ1n) is 12.0. The molecule has 3 N–H and O–H groups in total. The van der Waals surface area contributed by atoms with E-state index in [1.54, 1.807) is 66.4 Å². The van der Waals surface area contributed by atoms with Crippen LogP contribution in [0.2, 0.25) is 0 Å². The average Bonchev–Trinajstić information content (AvgIpc) is 2.93. The van der Waals surface area contributed by atoms with E-state index in [2.05, 4.69) is 5.32 Å². The molecule has 0 unspecified atom stereocenters. The monoisotopic (exact) mass is 537 g/mol. The number of ether oxygens (including phenoxy) is 3. The van der Waals surface area contributed by atoms with Crippen LogP contribution in [0.15, 0.2) is 95.9 Å². The number of anilines is 1. The number of carbonyl (C=O) groups is 2. The van der Waals surface area contributed by atoms with Crippen molar-refractivity contribution in [2.45, 2.75) is 29.9 Å². The topological polar surface area (TPSA) is 114 Å². The van der Waals surface area contributed by atoms with Gasteiger partial charge in [0.1, 0.15) is 24.2 Å². The molecule has 38 heavy (non-hydrogen) atoms. The van der Waals surface area contributed by atoms with Gasteiger partial charge in [0, 0.05) is 16.7 Å². The SMILES string of the molecule is CSc1ccc(NC(=O)O[C@@H](c2ccc(OCCO)cc2)[C@H](CC/C=C/C(=O)O)Oc2ccccc2)cc1. The summed E-state index contributed by atoms with van der Waals surface area (Å²) in [6.45, 7) is 0.0507. The fourth-order valence-corrected chi connectivity index (χ4v) is 4.01. The van der Waals surface area contributed by atoms with Gasteiger partial charge in [0.2, 0.25) is 0 Å². The van der Waals surface area contributed by atoms with Gasteiger partial charge < -0.3 is 24.4 Å². The summed E-state index contributed by atoms with van der Waals surface area (Å²) in [5, 5.41) is 20.7. The molecule has 1 amide bonds. The third kappa shape index (κ3) is 9.49. The molecule has 0 aliphatic carbocycles. The van der Waals surface area contributed by atoms with Crippen molar-refractivity contribution in [3.8, 4) is 11.5 Å². The average molecular weight is 538 g/mol. The van der Waals surface area contributed by atoms with Gasteiger partial charge in [0.25, 0.3) is 0 Å². The zero-order valence-corrected chi connectivity index (χ0v) is 21.8. The Morgan fingerprint density at radius 2 is 1.68 bits per heavy atom. The van der Waals surface area contributed by atoms with Gasteiger partial charge in [-0.2, -0.15) is 0 Å². The van der Waals surface area contributed by atoms with Gasteiger partial charge in [-0.1, -0.05) is 36.4 Å². The lowest BCUT2D eigenvalue weighted by atomic mass is 10.00. The molecule has 0 saturated heterocycles. The second kappa shape index (κ2) is 15.3. The van der Waals surface area contributed by atoms with Crippen molar-refractivity contribution in [1.82, 2.24) is 0 Å². The Hall–Kier alpha value is -3.95. The molecule has 0 aliphatic rings. The highest BCUT2D eigenvalue weighted by atomic mass is 32.2. The van der Waals surface area contributed by atoms with Crippen LogP contribution in [0.1, 0.15) is 24.5 Å². The molecule has 0 aromatic heterocycles. The van der Waals surface area contributed by atoms with Crippen molar-refractivity contribution in [3.63, 3.8) is 0 Å². The molecule has 0 saturated carbocycles. The number of hydrogen-bond acceptors (Lipinski definition) is 7. The third-order valence-electron chi connectivity index (χ3n) is 5.39. The van der Waals surface area contributed by atoms with Crippen molar-refractivity contribution in [2.75, 3.05) is 24.8 Å². The highest BCUT2D eigenvalue weighted by molar-refractivity contribution is 7.98.